The predicted molar refractivity (Wildman–Crippen MR) is 254 cm³/mol. The second-order valence-corrected chi connectivity index (χ2v) is 24.2. The zero-order chi connectivity index (χ0) is 46.0. The molecule has 3 aromatic carbocycles. The number of aliphatic imine (C=N–C) groups is 1. The highest BCUT2D eigenvalue weighted by atomic mass is 31.2. The molecule has 340 valence electrons. The minimum Gasteiger partial charge on any atom is -0.497 e. The largest absolute Gasteiger partial charge is 0.497 e. The van der Waals surface area contributed by atoms with E-state index in [1.165, 1.54) is 0 Å². The number of hydrogen-bond donors (Lipinski definition) is 0. The van der Waals surface area contributed by atoms with E-state index < -0.39 is 46.9 Å². The second kappa shape index (κ2) is 22.1. The smallest absolute Gasteiger partial charge is 0.259 e. The molecule has 5 rings (SSSR count). The van der Waals surface area contributed by atoms with E-state index in [1.54, 1.807) is 20.6 Å². The Balaban J connectivity index is 1.72. The van der Waals surface area contributed by atoms with Crippen molar-refractivity contribution in [1.29, 1.82) is 5.26 Å². The minimum absolute atomic E-state index is 0.0705. The Labute approximate surface area is 378 Å². The first-order valence-electron chi connectivity index (χ1n) is 21.7. The van der Waals surface area contributed by atoms with Crippen molar-refractivity contribution in [2.24, 2.45) is 4.99 Å². The Morgan fingerprint density at radius 2 is 1.41 bits per heavy atom. The first-order chi connectivity index (χ1) is 29.9. The molecular formula is C49H68N5O7PSi. The summed E-state index contributed by atoms with van der Waals surface area (Å²) in [5.41, 5.74) is 2.42. The lowest BCUT2D eigenvalue weighted by molar-refractivity contribution is -0.0807. The molecule has 1 aliphatic heterocycles. The van der Waals surface area contributed by atoms with Crippen LogP contribution in [0.4, 0.5) is 5.82 Å². The van der Waals surface area contributed by atoms with Gasteiger partial charge in [-0.05, 0) is 92.8 Å². The number of methoxy groups -OCH3 is 2. The molecule has 5 atom stereocenters. The van der Waals surface area contributed by atoms with Crippen LogP contribution in [0.25, 0.3) is 0 Å². The van der Waals surface area contributed by atoms with Gasteiger partial charge in [0.25, 0.3) is 8.53 Å². The standard InChI is InChI=1S/C49H68N5O7PSi/c1-35(2)54(36(3)4)62(58-31-17-30-50)60-46-43(59-45(47(46)61-63(12,13)48(5,6)7)37-20-29-44(51-32-37)52-34-53(8)9)33-57-49(38-18-15-14-16-19-38,39-21-25-41(55-10)26-22-39)40-23-27-42(56-11)28-24-40/h14-16,18-29,32,34-36,43,45-47H,17,31,33H2,1-13H3/t43-,45+,46-,47+,62?/m1/s1. The first-order valence-corrected chi connectivity index (χ1v) is 25.7. The molecule has 1 aliphatic rings. The molecule has 2 heterocycles. The van der Waals surface area contributed by atoms with Gasteiger partial charge in [-0.15, -0.1) is 0 Å². The molecule has 0 amide bonds. The molecule has 1 unspecified atom stereocenters. The molecule has 12 nitrogen and oxygen atoms in total. The fraction of sp³-hybridized carbons (Fsp3) is 0.490. The highest BCUT2D eigenvalue weighted by Crippen LogP contribution is 2.53. The van der Waals surface area contributed by atoms with Crippen LogP contribution in [0.3, 0.4) is 0 Å². The van der Waals surface area contributed by atoms with Crippen molar-refractivity contribution in [3.05, 3.63) is 119 Å². The Morgan fingerprint density at radius 1 is 0.841 bits per heavy atom. The molecule has 0 spiro atoms. The summed E-state index contributed by atoms with van der Waals surface area (Å²) in [6.45, 7) is 20.0. The molecule has 0 bridgehead atoms. The van der Waals surface area contributed by atoms with E-state index in [0.717, 1.165) is 33.8 Å². The van der Waals surface area contributed by atoms with Crippen LogP contribution in [0, 0.1) is 11.3 Å². The number of nitrogens with zero attached hydrogens (tertiary/aromatic N) is 5. The van der Waals surface area contributed by atoms with Crippen LogP contribution >= 0.6 is 8.53 Å². The number of ether oxygens (including phenoxy) is 4. The van der Waals surface area contributed by atoms with Crippen LogP contribution in [0.5, 0.6) is 11.5 Å². The number of rotatable bonds is 21. The summed E-state index contributed by atoms with van der Waals surface area (Å²) in [5.74, 6) is 2.03. The summed E-state index contributed by atoms with van der Waals surface area (Å²) in [6, 6.07) is 32.5. The fourth-order valence-electron chi connectivity index (χ4n) is 7.40. The van der Waals surface area contributed by atoms with Gasteiger partial charge in [0.15, 0.2) is 14.1 Å². The lowest BCUT2D eigenvalue weighted by Gasteiger charge is -2.42. The van der Waals surface area contributed by atoms with Gasteiger partial charge < -0.3 is 37.3 Å². The van der Waals surface area contributed by atoms with E-state index in [1.807, 2.05) is 104 Å². The summed E-state index contributed by atoms with van der Waals surface area (Å²) in [7, 11) is 2.94. The normalized spacial score (nSPS) is 18.9. The molecule has 14 heteroatoms. The summed E-state index contributed by atoms with van der Waals surface area (Å²) < 4.78 is 49.7. The topological polar surface area (TPSA) is 120 Å². The van der Waals surface area contributed by atoms with Crippen LogP contribution in [-0.4, -0.2) is 101 Å². The van der Waals surface area contributed by atoms with E-state index in [-0.39, 0.29) is 36.8 Å². The van der Waals surface area contributed by atoms with E-state index in [0.29, 0.717) is 5.82 Å². The number of aromatic nitrogens is 1. The van der Waals surface area contributed by atoms with Crippen molar-refractivity contribution in [3.8, 4) is 17.6 Å². The average molecular weight is 898 g/mol. The molecule has 63 heavy (non-hydrogen) atoms. The van der Waals surface area contributed by atoms with Crippen molar-refractivity contribution < 1.29 is 32.4 Å². The van der Waals surface area contributed by atoms with Crippen LogP contribution in [0.2, 0.25) is 18.1 Å². The van der Waals surface area contributed by atoms with Gasteiger partial charge in [0.1, 0.15) is 41.5 Å². The summed E-state index contributed by atoms with van der Waals surface area (Å²) in [4.78, 5) is 11.1. The van der Waals surface area contributed by atoms with Gasteiger partial charge in [0.05, 0.1) is 46.3 Å². The van der Waals surface area contributed by atoms with Crippen molar-refractivity contribution in [2.45, 2.75) is 115 Å². The van der Waals surface area contributed by atoms with E-state index >= 15 is 0 Å². The van der Waals surface area contributed by atoms with E-state index in [4.69, 9.17) is 37.4 Å². The van der Waals surface area contributed by atoms with Crippen molar-refractivity contribution >= 4 is 29.0 Å². The number of benzene rings is 3. The van der Waals surface area contributed by atoms with Gasteiger partial charge >= 0.3 is 0 Å². The van der Waals surface area contributed by atoms with Gasteiger partial charge in [0.2, 0.25) is 0 Å². The number of pyridine rings is 1. The SMILES string of the molecule is COc1ccc(C(OC[C@H]2O[C@@H](c3ccc(N=CN(C)C)nc3)[C@H](O[Si](C)(C)C(C)(C)C)[C@@H]2OP(OCCC#N)N(C(C)C)C(C)C)(c2ccccc2)c2ccc(OC)cc2)cc1. The Kier molecular flexibility index (Phi) is 17.5. The molecule has 0 radical (unpaired) electrons. The zero-order valence-corrected chi connectivity index (χ0v) is 41.3. The molecule has 1 aromatic heterocycles. The summed E-state index contributed by atoms with van der Waals surface area (Å²) >= 11 is 0. The maximum absolute atomic E-state index is 9.58. The quantitative estimate of drug-likeness (QED) is 0.0198. The minimum atomic E-state index is -2.51. The maximum Gasteiger partial charge on any atom is 0.259 e. The molecule has 0 saturated carbocycles. The third kappa shape index (κ3) is 12.1. The van der Waals surface area contributed by atoms with E-state index in [9.17, 15) is 5.26 Å². The molecule has 1 saturated heterocycles. The number of hydrogen-bond acceptors (Lipinski definition) is 11. The van der Waals surface area contributed by atoms with Crippen LogP contribution in [0.1, 0.15) is 83.2 Å². The first kappa shape index (κ1) is 49.8. The van der Waals surface area contributed by atoms with Gasteiger partial charge in [-0.3, -0.25) is 0 Å². The Morgan fingerprint density at radius 3 is 1.89 bits per heavy atom. The third-order valence-electron chi connectivity index (χ3n) is 11.6. The highest BCUT2D eigenvalue weighted by Gasteiger charge is 2.54. The van der Waals surface area contributed by atoms with Gasteiger partial charge in [0, 0.05) is 37.9 Å². The van der Waals surface area contributed by atoms with Crippen LogP contribution in [-0.2, 0) is 28.5 Å². The third-order valence-corrected chi connectivity index (χ3v) is 18.2. The fourth-order valence-corrected chi connectivity index (χ4v) is 10.5. The maximum atomic E-state index is 9.58. The van der Waals surface area contributed by atoms with E-state index in [2.05, 4.69) is 89.4 Å². The lowest BCUT2D eigenvalue weighted by atomic mass is 9.80. The van der Waals surface area contributed by atoms with Gasteiger partial charge in [-0.2, -0.15) is 5.26 Å². The molecule has 1 fully saturated rings. The summed E-state index contributed by atoms with van der Waals surface area (Å²) in [5, 5.41) is 9.44. The Hall–Kier alpha value is -4.22. The molecule has 0 N–H and O–H groups in total. The monoisotopic (exact) mass is 897 g/mol. The summed E-state index contributed by atoms with van der Waals surface area (Å²) in [6.07, 6.45) is 1.25. The Bertz CT molecular complexity index is 2020. The van der Waals surface area contributed by atoms with Crippen molar-refractivity contribution in [2.75, 3.05) is 41.5 Å². The van der Waals surface area contributed by atoms with Gasteiger partial charge in [-0.25, -0.2) is 14.6 Å². The lowest BCUT2D eigenvalue weighted by Crippen LogP contribution is -2.49. The zero-order valence-electron chi connectivity index (χ0n) is 39.4. The highest BCUT2D eigenvalue weighted by molar-refractivity contribution is 7.44. The average Bonchev–Trinajstić information content (AvgIpc) is 3.58. The predicted octanol–water partition coefficient (Wildman–Crippen LogP) is 10.8. The molecule has 4 aromatic rings. The van der Waals surface area contributed by atoms with Gasteiger partial charge in [-0.1, -0.05) is 81.4 Å². The van der Waals surface area contributed by atoms with Crippen molar-refractivity contribution in [1.82, 2.24) is 14.6 Å². The van der Waals surface area contributed by atoms with Crippen molar-refractivity contribution in [3.63, 3.8) is 0 Å². The molecule has 0 aliphatic carbocycles. The van der Waals surface area contributed by atoms with Crippen LogP contribution < -0.4 is 9.47 Å². The molecular weight excluding hydrogens is 830 g/mol. The van der Waals surface area contributed by atoms with Crippen LogP contribution in [0.15, 0.2) is 102 Å². The number of nitriles is 1. The second-order valence-electron chi connectivity index (χ2n) is 18.0.